The maximum absolute atomic E-state index is 10.4. The molecule has 0 bridgehead atoms. The Kier molecular flexibility index (Phi) is 18.3. The Morgan fingerprint density at radius 3 is 1.13 bits per heavy atom. The predicted octanol–water partition coefficient (Wildman–Crippen LogP) is 0.297. The van der Waals surface area contributed by atoms with Gasteiger partial charge < -0.3 is 41.8 Å². The van der Waals surface area contributed by atoms with Gasteiger partial charge in [0.25, 0.3) is 0 Å². The summed E-state index contributed by atoms with van der Waals surface area (Å²) in [5.41, 5.74) is 3.57. The van der Waals surface area contributed by atoms with E-state index in [9.17, 15) is 22.9 Å². The standard InChI is InChI=1S/2C12H8N2.C7H6O5S.Mn.5H2O/c2*1-3-9-5-6-10-4-2-8-14-12(10)11(9)13-7-1;8-7(9)5-2-1-3-6(4-5)13(10,11)12;;;;;;/h2*1-8H;1-4H,(H,8,9)(H,10,11,12);;5*1H2/q;;;+2;;;;;/p-1. The molecule has 14 nitrogen and oxygen atoms in total. The van der Waals surface area contributed by atoms with E-state index in [0.717, 1.165) is 67.9 Å². The minimum atomic E-state index is -4.60. The first-order chi connectivity index (χ1) is 19.8. The van der Waals surface area contributed by atoms with E-state index in [1.807, 2.05) is 24.3 Å². The minimum Gasteiger partial charge on any atom is -0.744 e. The van der Waals surface area contributed by atoms with Crippen LogP contribution in [0, 0.1) is 0 Å². The van der Waals surface area contributed by atoms with Crippen molar-refractivity contribution >= 4 is 59.7 Å². The van der Waals surface area contributed by atoms with Crippen molar-refractivity contribution in [3.63, 3.8) is 0 Å². The van der Waals surface area contributed by atoms with E-state index < -0.39 is 21.0 Å². The van der Waals surface area contributed by atoms with Crippen molar-refractivity contribution in [3.8, 4) is 0 Å². The number of aromatic carboxylic acids is 1. The average molecular weight is 707 g/mol. The van der Waals surface area contributed by atoms with Gasteiger partial charge >= 0.3 is 17.1 Å². The van der Waals surface area contributed by atoms with Gasteiger partial charge in [-0.2, -0.15) is 0 Å². The van der Waals surface area contributed by atoms with Gasteiger partial charge in [-0.1, -0.05) is 60.7 Å². The third kappa shape index (κ3) is 10.5. The van der Waals surface area contributed by atoms with Crippen LogP contribution < -0.4 is 5.11 Å². The number of fused-ring (bicyclic) bond motifs is 6. The van der Waals surface area contributed by atoms with E-state index in [4.69, 9.17) is 0 Å². The van der Waals surface area contributed by atoms with Crippen LogP contribution in [0.1, 0.15) is 10.4 Å². The molecule has 7 rings (SSSR count). The third-order valence-electron chi connectivity index (χ3n) is 6.05. The van der Waals surface area contributed by atoms with E-state index in [1.54, 1.807) is 24.8 Å². The van der Waals surface area contributed by atoms with E-state index in [1.165, 1.54) is 0 Å². The number of pyridine rings is 4. The number of rotatable bonds is 2. The second-order valence-corrected chi connectivity index (χ2v) is 10.1. The first-order valence-electron chi connectivity index (χ1n) is 12.3. The second kappa shape index (κ2) is 19.5. The third-order valence-corrected chi connectivity index (χ3v) is 6.88. The Hall–Kier alpha value is -5.00. The van der Waals surface area contributed by atoms with Crippen LogP contribution in [0.4, 0.5) is 0 Å². The number of nitrogens with zero attached hydrogens (tertiary/aromatic N) is 4. The number of carbonyl (C=O) groups excluding carboxylic acids is 1. The molecule has 0 amide bonds. The molecule has 0 aliphatic rings. The zero-order valence-electron chi connectivity index (χ0n) is 24.2. The van der Waals surface area contributed by atoms with Gasteiger partial charge in [0, 0.05) is 46.3 Å². The molecular formula is C31H31MnN4O10S+. The quantitative estimate of drug-likeness (QED) is 0.103. The van der Waals surface area contributed by atoms with Crippen LogP contribution in [-0.2, 0) is 32.7 Å². The van der Waals surface area contributed by atoms with Crippen LogP contribution in [0.15, 0.2) is 127 Å². The van der Waals surface area contributed by atoms with Gasteiger partial charge in [0.05, 0.1) is 32.9 Å². The molecule has 0 aliphatic heterocycles. The van der Waals surface area contributed by atoms with Gasteiger partial charge in [-0.25, -0.2) is 8.42 Å². The molecule has 0 aliphatic carbocycles. The van der Waals surface area contributed by atoms with E-state index in [2.05, 4.69) is 68.5 Å². The molecule has 0 unspecified atom stereocenters. The minimum absolute atomic E-state index is 0. The zero-order valence-corrected chi connectivity index (χ0v) is 26.2. The van der Waals surface area contributed by atoms with E-state index >= 15 is 0 Å². The molecule has 0 fully saturated rings. The summed E-state index contributed by atoms with van der Waals surface area (Å²) in [6.07, 6.45) is 7.21. The molecule has 11 N–H and O–H groups in total. The topological polar surface area (TPSA) is 308 Å². The molecule has 7 aromatic rings. The Bertz CT molecular complexity index is 1930. The molecule has 0 atom stereocenters. The molecule has 247 valence electrons. The summed E-state index contributed by atoms with van der Waals surface area (Å²) in [5, 5.41) is 14.8. The number of aromatic nitrogens is 4. The summed E-state index contributed by atoms with van der Waals surface area (Å²) >= 11 is 0. The summed E-state index contributed by atoms with van der Waals surface area (Å²) < 4.78 is 31.3. The normalized spacial score (nSPS) is 9.55. The summed E-state index contributed by atoms with van der Waals surface area (Å²) in [4.78, 5) is 27.1. The largest absolute Gasteiger partial charge is 2.00 e. The number of carboxylic acids is 1. The maximum Gasteiger partial charge on any atom is 2.00 e. The van der Waals surface area contributed by atoms with Crippen molar-refractivity contribution < 1.29 is 67.3 Å². The monoisotopic (exact) mass is 706 g/mol. The van der Waals surface area contributed by atoms with Crippen molar-refractivity contribution in [1.29, 1.82) is 0 Å². The van der Waals surface area contributed by atoms with Crippen molar-refractivity contribution in [2.24, 2.45) is 0 Å². The van der Waals surface area contributed by atoms with Gasteiger partial charge in [-0.05, 0) is 42.0 Å². The fourth-order valence-corrected chi connectivity index (χ4v) is 4.65. The Morgan fingerprint density at radius 2 is 0.851 bits per heavy atom. The molecule has 3 aromatic carbocycles. The fourth-order valence-electron chi connectivity index (χ4n) is 4.14. The predicted molar refractivity (Wildman–Crippen MR) is 172 cm³/mol. The zero-order chi connectivity index (χ0) is 28.8. The Morgan fingerprint density at radius 1 is 0.532 bits per heavy atom. The van der Waals surface area contributed by atoms with Crippen molar-refractivity contribution in [1.82, 2.24) is 19.9 Å². The van der Waals surface area contributed by atoms with Gasteiger partial charge in [0.1, 0.15) is 10.1 Å². The van der Waals surface area contributed by atoms with Gasteiger partial charge in [-0.15, -0.1) is 0 Å². The number of hydrogen-bond acceptors (Lipinski definition) is 9. The van der Waals surface area contributed by atoms with Gasteiger partial charge in [0.2, 0.25) is 0 Å². The molecule has 0 spiro atoms. The fraction of sp³-hybridized carbons (Fsp3) is 0. The molecule has 4 aromatic heterocycles. The van der Waals surface area contributed by atoms with Gasteiger partial charge in [-0.3, -0.25) is 19.9 Å². The van der Waals surface area contributed by atoms with Crippen LogP contribution in [-0.4, -0.2) is 60.8 Å². The number of carbonyl (C=O) groups is 1. The first kappa shape index (κ1) is 44.1. The molecule has 47 heavy (non-hydrogen) atoms. The maximum atomic E-state index is 10.4. The summed E-state index contributed by atoms with van der Waals surface area (Å²) in [7, 11) is -4.60. The summed E-state index contributed by atoms with van der Waals surface area (Å²) in [6.45, 7) is 0. The Labute approximate surface area is 278 Å². The number of benzene rings is 3. The second-order valence-electron chi connectivity index (χ2n) is 8.70. The number of carboxylic acid groups (broad SMARTS) is 1. The Balaban J connectivity index is 0. The van der Waals surface area contributed by atoms with Gasteiger partial charge in [0.15, 0.2) is 0 Å². The first-order valence-corrected chi connectivity index (χ1v) is 13.7. The summed E-state index contributed by atoms with van der Waals surface area (Å²) in [5.74, 6) is -1.52. The van der Waals surface area contributed by atoms with E-state index in [0.29, 0.717) is 0 Å². The smallest absolute Gasteiger partial charge is 0.744 e. The SMILES string of the molecule is O.O.O.O.O=C([O-])c1cccc(S(=O)(=O)[O-])c1.[Mn+2].[OH3+].c1cnc2c(c1)ccc1cccnc12.c1cnc2c(c1)ccc1cccnc12. The van der Waals surface area contributed by atoms with Crippen LogP contribution >= 0.6 is 0 Å². The molecule has 4 heterocycles. The van der Waals surface area contributed by atoms with Crippen LogP contribution in [0.25, 0.3) is 43.6 Å². The molecule has 1 radical (unpaired) electrons. The van der Waals surface area contributed by atoms with Crippen LogP contribution in [0.2, 0.25) is 0 Å². The van der Waals surface area contributed by atoms with Crippen molar-refractivity contribution in [3.05, 3.63) is 127 Å². The van der Waals surface area contributed by atoms with Crippen molar-refractivity contribution in [2.45, 2.75) is 4.90 Å². The number of hydrogen-bond donors (Lipinski definition) is 0. The van der Waals surface area contributed by atoms with Crippen molar-refractivity contribution in [2.75, 3.05) is 0 Å². The molecule has 16 heteroatoms. The van der Waals surface area contributed by atoms with Crippen LogP contribution in [0.3, 0.4) is 0 Å². The molecular weight excluding hydrogens is 675 g/mol. The summed E-state index contributed by atoms with van der Waals surface area (Å²) in [6, 6.07) is 28.4. The average Bonchev–Trinajstić information content (AvgIpc) is 3.01. The molecule has 0 saturated carbocycles. The van der Waals surface area contributed by atoms with Crippen LogP contribution in [0.5, 0.6) is 0 Å². The molecule has 0 saturated heterocycles. The van der Waals surface area contributed by atoms with E-state index in [-0.39, 0.29) is 50.0 Å².